The van der Waals surface area contributed by atoms with Crippen LogP contribution in [0.25, 0.3) is 0 Å². The third-order valence-electron chi connectivity index (χ3n) is 4.23. The normalized spacial score (nSPS) is 13.7. The Morgan fingerprint density at radius 2 is 1.59 bits per heavy atom. The first-order valence-corrected chi connectivity index (χ1v) is 12.4. The van der Waals surface area contributed by atoms with Crippen molar-refractivity contribution in [3.8, 4) is 0 Å². The van der Waals surface area contributed by atoms with Gasteiger partial charge in [0.25, 0.3) is 10.1 Å². The molecule has 0 saturated heterocycles. The van der Waals surface area contributed by atoms with Gasteiger partial charge in [-0.3, -0.25) is 4.18 Å². The number of benzene rings is 2. The van der Waals surface area contributed by atoms with Gasteiger partial charge in [0, 0.05) is 6.04 Å². The van der Waals surface area contributed by atoms with Gasteiger partial charge < -0.3 is 0 Å². The highest BCUT2D eigenvalue weighted by Gasteiger charge is 2.23. The van der Waals surface area contributed by atoms with Crippen molar-refractivity contribution in [3.63, 3.8) is 0 Å². The highest BCUT2D eigenvalue weighted by molar-refractivity contribution is 7.89. The van der Waals surface area contributed by atoms with Gasteiger partial charge in [0.2, 0.25) is 10.0 Å². The Bertz CT molecular complexity index is 1050. The smallest absolute Gasteiger partial charge is 0.264 e. The molecule has 0 unspecified atom stereocenters. The summed E-state index contributed by atoms with van der Waals surface area (Å²) in [6, 6.07) is 12.6. The molecule has 6 nitrogen and oxygen atoms in total. The number of rotatable bonds is 9. The van der Waals surface area contributed by atoms with Crippen LogP contribution in [0.5, 0.6) is 0 Å². The molecule has 2 aromatic carbocycles. The van der Waals surface area contributed by atoms with E-state index in [2.05, 4.69) is 4.72 Å². The summed E-state index contributed by atoms with van der Waals surface area (Å²) in [5.41, 5.74) is 3.31. The fourth-order valence-corrected chi connectivity index (χ4v) is 5.22. The molecule has 0 aliphatic carbocycles. The molecule has 0 aliphatic rings. The second-order valence-electron chi connectivity index (χ2n) is 7.06. The summed E-state index contributed by atoms with van der Waals surface area (Å²) in [6.45, 7) is 5.31. The first-order valence-electron chi connectivity index (χ1n) is 9.13. The Hall–Kier alpha value is -2.00. The first kappa shape index (κ1) is 23.3. The van der Waals surface area contributed by atoms with Crippen LogP contribution in [0.4, 0.5) is 0 Å². The predicted molar refractivity (Wildman–Crippen MR) is 115 cm³/mol. The SMILES string of the molecule is Cc1cc(C)c(S(=O)(=O)N[C@H](/C=C/COS(C)(=O)=O)Cc2ccccc2)c(C)c1. The van der Waals surface area contributed by atoms with Gasteiger partial charge in [-0.05, 0) is 43.9 Å². The van der Waals surface area contributed by atoms with Gasteiger partial charge in [0.1, 0.15) is 0 Å². The Labute approximate surface area is 173 Å². The molecular weight excluding hydrogens is 410 g/mol. The molecule has 158 valence electrons. The van der Waals surface area contributed by atoms with E-state index in [0.717, 1.165) is 17.4 Å². The predicted octanol–water partition coefficient (Wildman–Crippen LogP) is 3.03. The minimum atomic E-state index is -3.78. The number of aryl methyl sites for hydroxylation is 3. The van der Waals surface area contributed by atoms with Crippen molar-refractivity contribution in [2.24, 2.45) is 0 Å². The molecule has 0 fully saturated rings. The molecule has 0 spiro atoms. The van der Waals surface area contributed by atoms with Gasteiger partial charge in [-0.25, -0.2) is 13.1 Å². The highest BCUT2D eigenvalue weighted by Crippen LogP contribution is 2.22. The van der Waals surface area contributed by atoms with Crippen LogP contribution in [-0.4, -0.2) is 35.7 Å². The average Bonchev–Trinajstić information content (AvgIpc) is 2.57. The quantitative estimate of drug-likeness (QED) is 0.481. The van der Waals surface area contributed by atoms with Crippen LogP contribution < -0.4 is 4.72 Å². The Morgan fingerprint density at radius 3 is 2.14 bits per heavy atom. The molecule has 8 heteroatoms. The van der Waals surface area contributed by atoms with Gasteiger partial charge in [-0.2, -0.15) is 8.42 Å². The van der Waals surface area contributed by atoms with Gasteiger partial charge in [0.15, 0.2) is 0 Å². The lowest BCUT2D eigenvalue weighted by molar-refractivity contribution is 0.361. The Morgan fingerprint density at radius 1 is 1.00 bits per heavy atom. The van der Waals surface area contributed by atoms with Crippen molar-refractivity contribution < 1.29 is 21.0 Å². The molecule has 2 aromatic rings. The Kier molecular flexibility index (Phi) is 7.76. The van der Waals surface area contributed by atoms with E-state index in [1.807, 2.05) is 49.4 Å². The zero-order chi connectivity index (χ0) is 21.7. The number of hydrogen-bond acceptors (Lipinski definition) is 5. The van der Waals surface area contributed by atoms with Crippen molar-refractivity contribution in [2.45, 2.75) is 38.1 Å². The number of nitrogens with one attached hydrogen (secondary N) is 1. The van der Waals surface area contributed by atoms with Crippen molar-refractivity contribution in [1.29, 1.82) is 0 Å². The zero-order valence-corrected chi connectivity index (χ0v) is 18.7. The van der Waals surface area contributed by atoms with Crippen LogP contribution in [0.1, 0.15) is 22.3 Å². The third-order valence-corrected chi connectivity index (χ3v) is 6.58. The van der Waals surface area contributed by atoms with Crippen molar-refractivity contribution in [2.75, 3.05) is 12.9 Å². The fraction of sp³-hybridized carbons (Fsp3) is 0.333. The monoisotopic (exact) mass is 437 g/mol. The molecule has 1 atom stereocenters. The first-order chi connectivity index (χ1) is 13.5. The largest absolute Gasteiger partial charge is 0.266 e. The van der Waals surface area contributed by atoms with Gasteiger partial charge in [-0.1, -0.05) is 60.2 Å². The van der Waals surface area contributed by atoms with Gasteiger partial charge >= 0.3 is 0 Å². The molecule has 2 rings (SSSR count). The molecule has 1 N–H and O–H groups in total. The summed E-state index contributed by atoms with van der Waals surface area (Å²) in [5.74, 6) is 0. The summed E-state index contributed by atoms with van der Waals surface area (Å²) in [5, 5.41) is 0. The molecule has 0 saturated carbocycles. The molecule has 0 aromatic heterocycles. The Balaban J connectivity index is 2.29. The third kappa shape index (κ3) is 7.40. The summed E-state index contributed by atoms with van der Waals surface area (Å²) >= 11 is 0. The van der Waals surface area contributed by atoms with Crippen LogP contribution in [-0.2, 0) is 30.7 Å². The van der Waals surface area contributed by atoms with E-state index in [-0.39, 0.29) is 11.5 Å². The average molecular weight is 438 g/mol. The lowest BCUT2D eigenvalue weighted by Gasteiger charge is -2.18. The summed E-state index contributed by atoms with van der Waals surface area (Å²) in [6.07, 6.45) is 4.51. The molecule has 29 heavy (non-hydrogen) atoms. The molecule has 0 radical (unpaired) electrons. The van der Waals surface area contributed by atoms with E-state index >= 15 is 0 Å². The maximum Gasteiger partial charge on any atom is 0.264 e. The van der Waals surface area contributed by atoms with E-state index < -0.39 is 26.2 Å². The summed E-state index contributed by atoms with van der Waals surface area (Å²) in [4.78, 5) is 0.266. The molecule has 0 amide bonds. The maximum absolute atomic E-state index is 13.1. The highest BCUT2D eigenvalue weighted by atomic mass is 32.2. The molecule has 0 heterocycles. The lowest BCUT2D eigenvalue weighted by Crippen LogP contribution is -2.36. The van der Waals surface area contributed by atoms with Crippen LogP contribution in [0.3, 0.4) is 0 Å². The zero-order valence-electron chi connectivity index (χ0n) is 17.0. The summed E-state index contributed by atoms with van der Waals surface area (Å²) < 4.78 is 55.9. The van der Waals surface area contributed by atoms with Crippen LogP contribution in [0.15, 0.2) is 59.5 Å². The van der Waals surface area contributed by atoms with Crippen molar-refractivity contribution in [1.82, 2.24) is 4.72 Å². The van der Waals surface area contributed by atoms with E-state index in [1.54, 1.807) is 19.9 Å². The van der Waals surface area contributed by atoms with Gasteiger partial charge in [-0.15, -0.1) is 0 Å². The standard InChI is InChI=1S/C21H27NO5S2/c1-16-13-17(2)21(18(3)14-16)29(25,26)22-20(11-8-12-27-28(4,23)24)15-19-9-6-5-7-10-19/h5-11,13-14,20,22H,12,15H2,1-4H3/b11-8+/t20-/m1/s1. The van der Waals surface area contributed by atoms with Gasteiger partial charge in [0.05, 0.1) is 17.8 Å². The second kappa shape index (κ2) is 9.67. The summed E-state index contributed by atoms with van der Waals surface area (Å²) in [7, 11) is -7.35. The van der Waals surface area contributed by atoms with Crippen molar-refractivity contribution >= 4 is 20.1 Å². The second-order valence-corrected chi connectivity index (χ2v) is 10.4. The van der Waals surface area contributed by atoms with Crippen molar-refractivity contribution in [3.05, 3.63) is 76.9 Å². The topological polar surface area (TPSA) is 89.5 Å². The number of hydrogen-bond donors (Lipinski definition) is 1. The lowest BCUT2D eigenvalue weighted by atomic mass is 10.1. The van der Waals surface area contributed by atoms with Crippen LogP contribution in [0.2, 0.25) is 0 Å². The number of sulfonamides is 1. The van der Waals surface area contributed by atoms with E-state index in [0.29, 0.717) is 17.5 Å². The van der Waals surface area contributed by atoms with Crippen LogP contribution in [0, 0.1) is 20.8 Å². The minimum Gasteiger partial charge on any atom is -0.266 e. The molecule has 0 aliphatic heterocycles. The molecular formula is C21H27NO5S2. The fourth-order valence-electron chi connectivity index (χ4n) is 3.25. The van der Waals surface area contributed by atoms with E-state index in [4.69, 9.17) is 4.18 Å². The van der Waals surface area contributed by atoms with E-state index in [1.165, 1.54) is 6.08 Å². The van der Waals surface area contributed by atoms with E-state index in [9.17, 15) is 16.8 Å². The minimum absolute atomic E-state index is 0.158. The maximum atomic E-state index is 13.1. The van der Waals surface area contributed by atoms with Crippen LogP contribution >= 0.6 is 0 Å². The molecule has 0 bridgehead atoms.